The first-order valence-corrected chi connectivity index (χ1v) is 8.78. The van der Waals surface area contributed by atoms with Gasteiger partial charge in [-0.3, -0.25) is 0 Å². The van der Waals surface area contributed by atoms with Crippen LogP contribution in [0.2, 0.25) is 0 Å². The van der Waals surface area contributed by atoms with Crippen LogP contribution in [-0.2, 0) is 4.74 Å². The molecule has 0 saturated heterocycles. The molecule has 0 unspecified atom stereocenters. The van der Waals surface area contributed by atoms with Crippen molar-refractivity contribution < 1.29 is 4.74 Å². The third-order valence-electron chi connectivity index (χ3n) is 3.68. The molecule has 0 fully saturated rings. The van der Waals surface area contributed by atoms with E-state index in [1.807, 2.05) is 0 Å². The normalized spacial score (nSPS) is 11.1. The number of ether oxygens (including phenoxy) is 1. The number of hydrogen-bond acceptors (Lipinski definition) is 1. The van der Waals surface area contributed by atoms with E-state index in [4.69, 9.17) is 4.74 Å². The first kappa shape index (κ1) is 19.0. The van der Waals surface area contributed by atoms with Gasteiger partial charge in [-0.1, -0.05) is 90.9 Å². The quantitative estimate of drug-likeness (QED) is 0.298. The van der Waals surface area contributed by atoms with Crippen LogP contribution >= 0.6 is 0 Å². The van der Waals surface area contributed by atoms with Crippen LogP contribution in [0.4, 0.5) is 0 Å². The van der Waals surface area contributed by atoms with Crippen LogP contribution in [0.25, 0.3) is 0 Å². The zero-order chi connectivity index (χ0) is 14.0. The predicted octanol–water partition coefficient (Wildman–Crippen LogP) is 6.32. The van der Waals surface area contributed by atoms with E-state index in [2.05, 4.69) is 13.8 Å². The second kappa shape index (κ2) is 18.0. The van der Waals surface area contributed by atoms with Gasteiger partial charge in [-0.15, -0.1) is 0 Å². The van der Waals surface area contributed by atoms with Crippen molar-refractivity contribution in [2.45, 2.75) is 96.8 Å². The largest absolute Gasteiger partial charge is 0.381 e. The molecule has 1 nitrogen and oxygen atoms in total. The molecule has 0 aliphatic heterocycles. The van der Waals surface area contributed by atoms with Crippen LogP contribution in [-0.4, -0.2) is 13.2 Å². The van der Waals surface area contributed by atoms with Gasteiger partial charge < -0.3 is 4.74 Å². The molecule has 0 aliphatic carbocycles. The summed E-state index contributed by atoms with van der Waals surface area (Å²) < 4.78 is 5.59. The van der Waals surface area contributed by atoms with Crippen LogP contribution in [0.15, 0.2) is 0 Å². The Labute approximate surface area is 122 Å². The lowest BCUT2D eigenvalue weighted by atomic mass is 10.1. The molecule has 0 rings (SSSR count). The van der Waals surface area contributed by atoms with Crippen molar-refractivity contribution >= 4 is 0 Å². The number of hydrogen-bond donors (Lipinski definition) is 0. The fourth-order valence-electron chi connectivity index (χ4n) is 2.35. The Morgan fingerprint density at radius 1 is 0.579 bits per heavy atom. The van der Waals surface area contributed by atoms with Crippen molar-refractivity contribution in [1.82, 2.24) is 0 Å². The molecule has 0 spiro atoms. The van der Waals surface area contributed by atoms with Gasteiger partial charge >= 0.3 is 0 Å². The van der Waals surface area contributed by atoms with Crippen molar-refractivity contribution in [3.8, 4) is 0 Å². The standard InChI is InChI=1S/C18H37O/c1-3-5-7-8-9-10-11-12-13-14-16-18-19-17-15-6-4-2/h2-18H2,1H3. The predicted molar refractivity (Wildman–Crippen MR) is 86.5 cm³/mol. The van der Waals surface area contributed by atoms with Crippen LogP contribution in [0.5, 0.6) is 0 Å². The third kappa shape index (κ3) is 18.0. The Balaban J connectivity index is 2.88. The summed E-state index contributed by atoms with van der Waals surface area (Å²) in [4.78, 5) is 0. The molecule has 0 bridgehead atoms. The molecule has 0 aromatic rings. The van der Waals surface area contributed by atoms with Gasteiger partial charge in [0.2, 0.25) is 0 Å². The minimum atomic E-state index is 0.938. The Hall–Kier alpha value is -0.0400. The van der Waals surface area contributed by atoms with E-state index in [-0.39, 0.29) is 0 Å². The topological polar surface area (TPSA) is 9.23 Å². The van der Waals surface area contributed by atoms with E-state index < -0.39 is 0 Å². The fourth-order valence-corrected chi connectivity index (χ4v) is 2.35. The highest BCUT2D eigenvalue weighted by Gasteiger charge is 1.93. The highest BCUT2D eigenvalue weighted by Crippen LogP contribution is 2.11. The minimum absolute atomic E-state index is 0.938. The van der Waals surface area contributed by atoms with Gasteiger partial charge in [-0.2, -0.15) is 0 Å². The molecule has 115 valence electrons. The van der Waals surface area contributed by atoms with Crippen LogP contribution in [0.3, 0.4) is 0 Å². The van der Waals surface area contributed by atoms with E-state index >= 15 is 0 Å². The van der Waals surface area contributed by atoms with Crippen LogP contribution < -0.4 is 0 Å². The lowest BCUT2D eigenvalue weighted by molar-refractivity contribution is 0.126. The van der Waals surface area contributed by atoms with Gasteiger partial charge in [0.05, 0.1) is 0 Å². The summed E-state index contributed by atoms with van der Waals surface area (Å²) in [5, 5.41) is 0. The summed E-state index contributed by atoms with van der Waals surface area (Å²) >= 11 is 0. The molecule has 19 heavy (non-hydrogen) atoms. The zero-order valence-electron chi connectivity index (χ0n) is 13.4. The Kier molecular flexibility index (Phi) is 17.9. The van der Waals surface area contributed by atoms with Crippen molar-refractivity contribution in [3.63, 3.8) is 0 Å². The molecule has 0 amide bonds. The van der Waals surface area contributed by atoms with Crippen molar-refractivity contribution in [1.29, 1.82) is 0 Å². The SMILES string of the molecule is [CH2]CCCCOCCCCCCCCCCCCC. The molecule has 0 aliphatic rings. The van der Waals surface area contributed by atoms with Gasteiger partial charge in [0.1, 0.15) is 0 Å². The highest BCUT2D eigenvalue weighted by molar-refractivity contribution is 4.48. The summed E-state index contributed by atoms with van der Waals surface area (Å²) in [6.07, 6.45) is 18.9. The summed E-state index contributed by atoms with van der Waals surface area (Å²) in [5.74, 6) is 0. The first-order valence-electron chi connectivity index (χ1n) is 8.78. The van der Waals surface area contributed by atoms with Crippen LogP contribution in [0.1, 0.15) is 96.8 Å². The summed E-state index contributed by atoms with van der Waals surface area (Å²) in [6.45, 7) is 8.02. The molecule has 1 radical (unpaired) electrons. The zero-order valence-corrected chi connectivity index (χ0v) is 13.4. The number of rotatable bonds is 16. The first-order chi connectivity index (χ1) is 9.41. The van der Waals surface area contributed by atoms with Gasteiger partial charge in [0, 0.05) is 13.2 Å². The second-order valence-corrected chi connectivity index (χ2v) is 5.71. The average molecular weight is 269 g/mol. The second-order valence-electron chi connectivity index (χ2n) is 5.71. The number of unbranched alkanes of at least 4 members (excludes halogenated alkanes) is 12. The summed E-state index contributed by atoms with van der Waals surface area (Å²) in [6, 6.07) is 0. The van der Waals surface area contributed by atoms with Gasteiger partial charge in [-0.25, -0.2) is 0 Å². The van der Waals surface area contributed by atoms with Gasteiger partial charge in [0.15, 0.2) is 0 Å². The van der Waals surface area contributed by atoms with Gasteiger partial charge in [0.25, 0.3) is 0 Å². The molecule has 0 heterocycles. The highest BCUT2D eigenvalue weighted by atomic mass is 16.5. The Morgan fingerprint density at radius 2 is 1.00 bits per heavy atom. The summed E-state index contributed by atoms with van der Waals surface area (Å²) in [7, 11) is 0. The van der Waals surface area contributed by atoms with Crippen molar-refractivity contribution in [3.05, 3.63) is 6.92 Å². The maximum absolute atomic E-state index is 5.59. The minimum Gasteiger partial charge on any atom is -0.381 e. The fraction of sp³-hybridized carbons (Fsp3) is 0.944. The average Bonchev–Trinajstić information content (AvgIpc) is 2.43. The smallest absolute Gasteiger partial charge is 0.0466 e. The molecule has 0 atom stereocenters. The van der Waals surface area contributed by atoms with E-state index in [1.54, 1.807) is 0 Å². The van der Waals surface area contributed by atoms with E-state index in [0.29, 0.717) is 0 Å². The monoisotopic (exact) mass is 269 g/mol. The third-order valence-corrected chi connectivity index (χ3v) is 3.68. The maximum Gasteiger partial charge on any atom is 0.0466 e. The Morgan fingerprint density at radius 3 is 1.47 bits per heavy atom. The van der Waals surface area contributed by atoms with Crippen molar-refractivity contribution in [2.75, 3.05) is 13.2 Å². The van der Waals surface area contributed by atoms with Gasteiger partial charge in [-0.05, 0) is 12.8 Å². The van der Waals surface area contributed by atoms with E-state index in [1.165, 1.54) is 83.5 Å². The molecule has 0 saturated carbocycles. The lowest BCUT2D eigenvalue weighted by Crippen LogP contribution is -1.96. The van der Waals surface area contributed by atoms with E-state index in [9.17, 15) is 0 Å². The van der Waals surface area contributed by atoms with Crippen LogP contribution in [0, 0.1) is 6.92 Å². The Bertz CT molecular complexity index is 129. The van der Waals surface area contributed by atoms with Crippen molar-refractivity contribution in [2.24, 2.45) is 0 Å². The lowest BCUT2D eigenvalue weighted by Gasteiger charge is -2.04. The molecule has 0 aromatic heterocycles. The summed E-state index contributed by atoms with van der Waals surface area (Å²) in [5.41, 5.74) is 0. The molecule has 1 heteroatoms. The van der Waals surface area contributed by atoms with E-state index in [0.717, 1.165) is 19.6 Å². The molecular weight excluding hydrogens is 232 g/mol. The maximum atomic E-state index is 5.59. The molecule has 0 N–H and O–H groups in total. The molecule has 0 aromatic carbocycles. The molecular formula is C18H37O.